The van der Waals surface area contributed by atoms with Crippen LogP contribution in [0.2, 0.25) is 0 Å². The highest BCUT2D eigenvalue weighted by atomic mass is 79.9. The van der Waals surface area contributed by atoms with E-state index in [0.717, 1.165) is 0 Å². The van der Waals surface area contributed by atoms with Crippen LogP contribution in [0.1, 0.15) is 22.1 Å². The largest absolute Gasteiger partial charge is 0.398 e. The standard InChI is InChI=1S/C12H13BrN4O2/c1-7-16-11(17-19-7)4-5-15-12(18)8-2-3-10(14)9(13)6-8/h2-3,6H,4-5,14H2,1H3,(H,15,18). The van der Waals surface area contributed by atoms with Crippen molar-refractivity contribution in [3.8, 4) is 0 Å². The molecule has 2 rings (SSSR count). The van der Waals surface area contributed by atoms with E-state index in [1.54, 1.807) is 25.1 Å². The average Bonchev–Trinajstić information content (AvgIpc) is 2.78. The molecule has 0 aliphatic heterocycles. The van der Waals surface area contributed by atoms with Crippen LogP contribution in [-0.4, -0.2) is 22.6 Å². The molecule has 1 heterocycles. The molecule has 0 radical (unpaired) electrons. The lowest BCUT2D eigenvalue weighted by atomic mass is 10.2. The number of aromatic nitrogens is 2. The molecule has 1 aromatic carbocycles. The van der Waals surface area contributed by atoms with Gasteiger partial charge in [-0.1, -0.05) is 5.16 Å². The molecule has 0 saturated heterocycles. The van der Waals surface area contributed by atoms with E-state index in [-0.39, 0.29) is 5.91 Å². The number of anilines is 1. The summed E-state index contributed by atoms with van der Waals surface area (Å²) in [4.78, 5) is 15.9. The summed E-state index contributed by atoms with van der Waals surface area (Å²) in [5.74, 6) is 0.931. The van der Waals surface area contributed by atoms with Crippen LogP contribution in [0.5, 0.6) is 0 Å². The van der Waals surface area contributed by atoms with Crippen LogP contribution in [0.25, 0.3) is 0 Å². The number of carbonyl (C=O) groups excluding carboxylic acids is 1. The molecule has 3 N–H and O–H groups in total. The van der Waals surface area contributed by atoms with E-state index in [1.165, 1.54) is 0 Å². The van der Waals surface area contributed by atoms with E-state index in [4.69, 9.17) is 10.3 Å². The summed E-state index contributed by atoms with van der Waals surface area (Å²) in [5.41, 5.74) is 6.80. The minimum atomic E-state index is -0.166. The van der Waals surface area contributed by atoms with E-state index in [9.17, 15) is 4.79 Å². The zero-order valence-electron chi connectivity index (χ0n) is 10.3. The van der Waals surface area contributed by atoms with Crippen LogP contribution in [0.15, 0.2) is 27.2 Å². The summed E-state index contributed by atoms with van der Waals surface area (Å²) >= 11 is 3.28. The maximum Gasteiger partial charge on any atom is 0.251 e. The summed E-state index contributed by atoms with van der Waals surface area (Å²) in [6, 6.07) is 5.04. The number of nitrogen functional groups attached to an aromatic ring is 1. The molecule has 0 fully saturated rings. The summed E-state index contributed by atoms with van der Waals surface area (Å²) in [5, 5.41) is 6.53. The van der Waals surface area contributed by atoms with Crippen LogP contribution in [0.4, 0.5) is 5.69 Å². The normalized spacial score (nSPS) is 10.4. The predicted molar refractivity (Wildman–Crippen MR) is 73.6 cm³/mol. The molecule has 100 valence electrons. The number of amides is 1. The summed E-state index contributed by atoms with van der Waals surface area (Å²) < 4.78 is 5.54. The third-order valence-electron chi connectivity index (χ3n) is 2.47. The third kappa shape index (κ3) is 3.54. The van der Waals surface area contributed by atoms with E-state index in [1.807, 2.05) is 0 Å². The Balaban J connectivity index is 1.89. The van der Waals surface area contributed by atoms with Gasteiger partial charge in [-0.25, -0.2) is 0 Å². The molecule has 0 saturated carbocycles. The van der Waals surface area contributed by atoms with Gasteiger partial charge >= 0.3 is 0 Å². The zero-order valence-corrected chi connectivity index (χ0v) is 11.9. The molecule has 19 heavy (non-hydrogen) atoms. The number of aryl methyl sites for hydroxylation is 1. The molecular formula is C12H13BrN4O2. The molecular weight excluding hydrogens is 312 g/mol. The first-order valence-corrected chi connectivity index (χ1v) is 6.48. The van der Waals surface area contributed by atoms with Crippen molar-refractivity contribution in [3.05, 3.63) is 40.0 Å². The van der Waals surface area contributed by atoms with Gasteiger partial charge < -0.3 is 15.6 Å². The Bertz CT molecular complexity index is 597. The summed E-state index contributed by atoms with van der Waals surface area (Å²) in [6.07, 6.45) is 0.527. The molecule has 0 spiro atoms. The summed E-state index contributed by atoms with van der Waals surface area (Å²) in [7, 11) is 0. The van der Waals surface area contributed by atoms with Crippen molar-refractivity contribution in [2.75, 3.05) is 12.3 Å². The lowest BCUT2D eigenvalue weighted by molar-refractivity contribution is 0.0954. The Labute approximate surface area is 118 Å². The Morgan fingerprint density at radius 1 is 1.53 bits per heavy atom. The molecule has 2 aromatic rings. The number of nitrogens with two attached hydrogens (primary N) is 1. The van der Waals surface area contributed by atoms with E-state index in [0.29, 0.717) is 40.4 Å². The van der Waals surface area contributed by atoms with Crippen molar-refractivity contribution in [2.45, 2.75) is 13.3 Å². The fraction of sp³-hybridized carbons (Fsp3) is 0.250. The monoisotopic (exact) mass is 324 g/mol. The molecule has 0 aliphatic carbocycles. The van der Waals surface area contributed by atoms with Crippen LogP contribution in [0.3, 0.4) is 0 Å². The number of benzene rings is 1. The third-order valence-corrected chi connectivity index (χ3v) is 3.15. The highest BCUT2D eigenvalue weighted by Crippen LogP contribution is 2.20. The van der Waals surface area contributed by atoms with Gasteiger partial charge in [0.2, 0.25) is 5.89 Å². The number of nitrogens with zero attached hydrogens (tertiary/aromatic N) is 2. The lowest BCUT2D eigenvalue weighted by Crippen LogP contribution is -2.26. The number of rotatable bonds is 4. The lowest BCUT2D eigenvalue weighted by Gasteiger charge is -2.05. The van der Waals surface area contributed by atoms with Gasteiger partial charge in [0.25, 0.3) is 5.91 Å². The van der Waals surface area contributed by atoms with Gasteiger partial charge in [0, 0.05) is 35.6 Å². The van der Waals surface area contributed by atoms with Crippen LogP contribution >= 0.6 is 15.9 Å². The Kier molecular flexibility index (Phi) is 4.16. The zero-order chi connectivity index (χ0) is 13.8. The molecule has 0 unspecified atom stereocenters. The average molecular weight is 325 g/mol. The number of nitrogens with one attached hydrogen (secondary N) is 1. The van der Waals surface area contributed by atoms with Gasteiger partial charge in [0.05, 0.1) is 0 Å². The fourth-order valence-electron chi connectivity index (χ4n) is 1.50. The smallest absolute Gasteiger partial charge is 0.251 e. The van der Waals surface area contributed by atoms with Crippen molar-refractivity contribution in [1.82, 2.24) is 15.5 Å². The SMILES string of the molecule is Cc1nc(CCNC(=O)c2ccc(N)c(Br)c2)no1. The number of hydrogen-bond acceptors (Lipinski definition) is 5. The first-order valence-electron chi connectivity index (χ1n) is 5.68. The maximum atomic E-state index is 11.9. The molecule has 1 amide bonds. The van der Waals surface area contributed by atoms with E-state index < -0.39 is 0 Å². The maximum absolute atomic E-state index is 11.9. The van der Waals surface area contributed by atoms with Gasteiger partial charge in [-0.3, -0.25) is 4.79 Å². The van der Waals surface area contributed by atoms with Gasteiger partial charge in [-0.2, -0.15) is 4.98 Å². The first kappa shape index (κ1) is 13.5. The molecule has 7 heteroatoms. The number of carbonyl (C=O) groups is 1. The second-order valence-corrected chi connectivity index (χ2v) is 4.83. The summed E-state index contributed by atoms with van der Waals surface area (Å²) in [6.45, 7) is 2.17. The van der Waals surface area contributed by atoms with Crippen LogP contribution in [-0.2, 0) is 6.42 Å². The quantitative estimate of drug-likeness (QED) is 0.835. The minimum Gasteiger partial charge on any atom is -0.398 e. The molecule has 0 bridgehead atoms. The molecule has 1 aromatic heterocycles. The van der Waals surface area contributed by atoms with Crippen molar-refractivity contribution in [2.24, 2.45) is 0 Å². The molecule has 0 aliphatic rings. The first-order chi connectivity index (χ1) is 9.06. The molecule has 0 atom stereocenters. The van der Waals surface area contributed by atoms with Gasteiger partial charge in [-0.05, 0) is 34.1 Å². The highest BCUT2D eigenvalue weighted by Gasteiger charge is 2.08. The van der Waals surface area contributed by atoms with Crippen LogP contribution < -0.4 is 11.1 Å². The Hall–Kier alpha value is -1.89. The second-order valence-electron chi connectivity index (χ2n) is 3.97. The van der Waals surface area contributed by atoms with Crippen molar-refractivity contribution < 1.29 is 9.32 Å². The van der Waals surface area contributed by atoms with E-state index >= 15 is 0 Å². The minimum absolute atomic E-state index is 0.166. The Morgan fingerprint density at radius 3 is 2.95 bits per heavy atom. The topological polar surface area (TPSA) is 94.0 Å². The van der Waals surface area contributed by atoms with Gasteiger partial charge in [-0.15, -0.1) is 0 Å². The van der Waals surface area contributed by atoms with Crippen molar-refractivity contribution in [3.63, 3.8) is 0 Å². The van der Waals surface area contributed by atoms with E-state index in [2.05, 4.69) is 31.4 Å². The number of hydrogen-bond donors (Lipinski definition) is 2. The number of halogens is 1. The predicted octanol–water partition coefficient (Wildman–Crippen LogP) is 1.70. The fourth-order valence-corrected chi connectivity index (χ4v) is 1.88. The van der Waals surface area contributed by atoms with Gasteiger partial charge in [0.1, 0.15) is 0 Å². The molecule has 6 nitrogen and oxygen atoms in total. The second kappa shape index (κ2) is 5.83. The van der Waals surface area contributed by atoms with Gasteiger partial charge in [0.15, 0.2) is 5.82 Å². The Morgan fingerprint density at radius 2 is 2.32 bits per heavy atom. The van der Waals surface area contributed by atoms with Crippen molar-refractivity contribution in [1.29, 1.82) is 0 Å². The highest BCUT2D eigenvalue weighted by molar-refractivity contribution is 9.10. The van der Waals surface area contributed by atoms with Crippen molar-refractivity contribution >= 4 is 27.5 Å². The van der Waals surface area contributed by atoms with Crippen LogP contribution in [0, 0.1) is 6.92 Å².